The van der Waals surface area contributed by atoms with E-state index in [4.69, 9.17) is 0 Å². The molecule has 4 aromatic rings. The summed E-state index contributed by atoms with van der Waals surface area (Å²) in [5, 5.41) is 5.35. The Hall–Kier alpha value is -2.46. The Morgan fingerprint density at radius 3 is 2.09 bits per heavy atom. The fourth-order valence-electron chi connectivity index (χ4n) is 3.19. The Morgan fingerprint density at radius 1 is 0.522 bits per heavy atom. The van der Waals surface area contributed by atoms with E-state index < -0.39 is 9.28 Å². The summed E-state index contributed by atoms with van der Waals surface area (Å²) in [4.78, 5) is 19.5. The molecule has 1 radical (unpaired) electrons. The van der Waals surface area contributed by atoms with E-state index >= 15 is 0 Å². The lowest BCUT2D eigenvalue weighted by Gasteiger charge is -2.13. The standard InChI is InChI=1S/C20H15O2Si/c21-23(22)20-11-4-3-8-19(20)17-10-5-9-16-15-7-2-1-6-14(15)12-13-18(16)17/h1-13,21-22H. The van der Waals surface area contributed by atoms with E-state index in [-0.39, 0.29) is 0 Å². The third-order valence-corrected chi connectivity index (χ3v) is 5.16. The zero-order chi connectivity index (χ0) is 15.8. The quantitative estimate of drug-likeness (QED) is 0.440. The van der Waals surface area contributed by atoms with Gasteiger partial charge in [0.05, 0.1) is 0 Å². The van der Waals surface area contributed by atoms with Crippen molar-refractivity contribution in [3.8, 4) is 11.1 Å². The molecular weight excluding hydrogens is 300 g/mol. The van der Waals surface area contributed by atoms with Crippen LogP contribution >= 0.6 is 0 Å². The molecule has 0 aliphatic rings. The molecule has 2 nitrogen and oxygen atoms in total. The average Bonchev–Trinajstić information content (AvgIpc) is 2.61. The Labute approximate surface area is 136 Å². The summed E-state index contributed by atoms with van der Waals surface area (Å²) in [5.74, 6) is 0. The fraction of sp³-hybridized carbons (Fsp3) is 0. The second-order valence-corrected chi connectivity index (χ2v) is 6.74. The Balaban J connectivity index is 2.08. The number of benzene rings is 4. The lowest BCUT2D eigenvalue weighted by molar-refractivity contribution is 0.426. The lowest BCUT2D eigenvalue weighted by Crippen LogP contribution is -2.31. The fourth-order valence-corrected chi connectivity index (χ4v) is 3.89. The van der Waals surface area contributed by atoms with Crippen molar-refractivity contribution in [1.82, 2.24) is 0 Å². The first-order valence-corrected chi connectivity index (χ1v) is 8.90. The summed E-state index contributed by atoms with van der Waals surface area (Å²) < 4.78 is 0. The minimum absolute atomic E-state index is 0.623. The molecule has 23 heavy (non-hydrogen) atoms. The molecule has 0 spiro atoms. The van der Waals surface area contributed by atoms with Crippen LogP contribution < -0.4 is 5.19 Å². The van der Waals surface area contributed by atoms with Crippen LogP contribution in [0.1, 0.15) is 0 Å². The largest absolute Gasteiger partial charge is 0.418 e. The van der Waals surface area contributed by atoms with Crippen LogP contribution in [0.4, 0.5) is 0 Å². The lowest BCUT2D eigenvalue weighted by atomic mass is 9.95. The van der Waals surface area contributed by atoms with E-state index in [9.17, 15) is 9.59 Å². The van der Waals surface area contributed by atoms with E-state index in [2.05, 4.69) is 30.3 Å². The third kappa shape index (κ3) is 2.35. The van der Waals surface area contributed by atoms with Gasteiger partial charge < -0.3 is 9.59 Å². The Morgan fingerprint density at radius 2 is 1.22 bits per heavy atom. The van der Waals surface area contributed by atoms with Crippen LogP contribution in [0.2, 0.25) is 0 Å². The highest BCUT2D eigenvalue weighted by Gasteiger charge is 2.16. The van der Waals surface area contributed by atoms with Crippen molar-refractivity contribution < 1.29 is 9.59 Å². The highest BCUT2D eigenvalue weighted by molar-refractivity contribution is 6.60. The molecule has 0 heterocycles. The Kier molecular flexibility index (Phi) is 3.46. The van der Waals surface area contributed by atoms with Crippen LogP contribution in [0, 0.1) is 0 Å². The molecular formula is C20H15O2Si. The SMILES string of the molecule is O[Si](O)c1ccccc1-c1cccc2c1ccc1ccccc12. The molecule has 0 bridgehead atoms. The summed E-state index contributed by atoms with van der Waals surface area (Å²) >= 11 is 0. The van der Waals surface area contributed by atoms with Gasteiger partial charge in [0.2, 0.25) is 0 Å². The molecule has 0 unspecified atom stereocenters. The van der Waals surface area contributed by atoms with Gasteiger partial charge in [0.1, 0.15) is 0 Å². The van der Waals surface area contributed by atoms with Crippen LogP contribution in [-0.2, 0) is 0 Å². The van der Waals surface area contributed by atoms with E-state index in [1.165, 1.54) is 16.2 Å². The maximum Gasteiger partial charge on any atom is 0.418 e. The van der Waals surface area contributed by atoms with Crippen molar-refractivity contribution in [2.24, 2.45) is 0 Å². The van der Waals surface area contributed by atoms with Gasteiger partial charge in [-0.25, -0.2) is 0 Å². The summed E-state index contributed by atoms with van der Waals surface area (Å²) in [6.45, 7) is 0. The summed E-state index contributed by atoms with van der Waals surface area (Å²) in [6.07, 6.45) is 0. The van der Waals surface area contributed by atoms with Gasteiger partial charge >= 0.3 is 9.28 Å². The van der Waals surface area contributed by atoms with E-state index in [0.717, 1.165) is 16.5 Å². The number of rotatable bonds is 2. The highest BCUT2D eigenvalue weighted by Crippen LogP contribution is 2.32. The van der Waals surface area contributed by atoms with Crippen molar-refractivity contribution in [2.75, 3.05) is 0 Å². The molecule has 0 saturated carbocycles. The van der Waals surface area contributed by atoms with E-state index in [1.807, 2.05) is 42.5 Å². The molecule has 0 aliphatic carbocycles. The van der Waals surface area contributed by atoms with Crippen molar-refractivity contribution >= 4 is 36.0 Å². The highest BCUT2D eigenvalue weighted by atomic mass is 28.3. The molecule has 0 aliphatic heterocycles. The topological polar surface area (TPSA) is 40.5 Å². The van der Waals surface area contributed by atoms with E-state index in [1.54, 1.807) is 6.07 Å². The summed E-state index contributed by atoms with van der Waals surface area (Å²) in [6, 6.07) is 26.3. The molecule has 0 saturated heterocycles. The molecule has 2 N–H and O–H groups in total. The molecule has 0 amide bonds. The normalized spacial score (nSPS) is 11.4. The van der Waals surface area contributed by atoms with Gasteiger partial charge in [0.25, 0.3) is 0 Å². The third-order valence-electron chi connectivity index (χ3n) is 4.24. The first-order chi connectivity index (χ1) is 11.3. The smallest absolute Gasteiger partial charge is 0.406 e. The van der Waals surface area contributed by atoms with Crippen molar-refractivity contribution in [3.05, 3.63) is 78.9 Å². The predicted octanol–water partition coefficient (Wildman–Crippen LogP) is 3.34. The zero-order valence-electron chi connectivity index (χ0n) is 12.4. The van der Waals surface area contributed by atoms with Gasteiger partial charge in [-0.15, -0.1) is 0 Å². The van der Waals surface area contributed by atoms with Crippen molar-refractivity contribution in [2.45, 2.75) is 0 Å². The molecule has 0 aromatic heterocycles. The monoisotopic (exact) mass is 315 g/mol. The maximum absolute atomic E-state index is 9.77. The van der Waals surface area contributed by atoms with E-state index in [0.29, 0.717) is 5.19 Å². The second-order valence-electron chi connectivity index (χ2n) is 5.56. The van der Waals surface area contributed by atoms with Gasteiger partial charge in [0.15, 0.2) is 0 Å². The minimum Gasteiger partial charge on any atom is -0.406 e. The van der Waals surface area contributed by atoms with Crippen LogP contribution in [0.15, 0.2) is 78.9 Å². The summed E-state index contributed by atoms with van der Waals surface area (Å²) in [5.41, 5.74) is 1.93. The van der Waals surface area contributed by atoms with Crippen LogP contribution in [-0.4, -0.2) is 18.9 Å². The van der Waals surface area contributed by atoms with Gasteiger partial charge in [-0.3, -0.25) is 0 Å². The van der Waals surface area contributed by atoms with Crippen molar-refractivity contribution in [1.29, 1.82) is 0 Å². The summed E-state index contributed by atoms with van der Waals surface area (Å²) in [7, 11) is -2.50. The molecule has 111 valence electrons. The minimum atomic E-state index is -2.50. The number of hydrogen-bond acceptors (Lipinski definition) is 2. The Bertz CT molecular complexity index is 1010. The van der Waals surface area contributed by atoms with Gasteiger partial charge in [-0.05, 0) is 32.7 Å². The first-order valence-electron chi connectivity index (χ1n) is 7.51. The molecule has 4 rings (SSSR count). The van der Waals surface area contributed by atoms with Crippen LogP contribution in [0.5, 0.6) is 0 Å². The molecule has 3 heteroatoms. The van der Waals surface area contributed by atoms with Crippen molar-refractivity contribution in [3.63, 3.8) is 0 Å². The predicted molar refractivity (Wildman–Crippen MR) is 96.7 cm³/mol. The molecule has 0 fully saturated rings. The maximum atomic E-state index is 9.77. The molecule has 0 atom stereocenters. The zero-order valence-corrected chi connectivity index (χ0v) is 13.4. The van der Waals surface area contributed by atoms with Gasteiger partial charge in [-0.2, -0.15) is 0 Å². The average molecular weight is 315 g/mol. The first kappa shape index (κ1) is 14.1. The van der Waals surface area contributed by atoms with Gasteiger partial charge in [0, 0.05) is 5.19 Å². The number of fused-ring (bicyclic) bond motifs is 3. The number of hydrogen-bond donors (Lipinski definition) is 2. The molecule has 4 aromatic carbocycles. The van der Waals surface area contributed by atoms with Crippen LogP contribution in [0.3, 0.4) is 0 Å². The van der Waals surface area contributed by atoms with Crippen LogP contribution in [0.25, 0.3) is 32.7 Å². The van der Waals surface area contributed by atoms with Gasteiger partial charge in [-0.1, -0.05) is 78.9 Å². The second kappa shape index (κ2) is 5.63.